The van der Waals surface area contributed by atoms with Crippen LogP contribution in [0.1, 0.15) is 85.7 Å². The van der Waals surface area contributed by atoms with Crippen molar-refractivity contribution in [1.82, 2.24) is 4.90 Å². The van der Waals surface area contributed by atoms with Crippen molar-refractivity contribution in [1.29, 1.82) is 0 Å². The molecule has 0 unspecified atom stereocenters. The summed E-state index contributed by atoms with van der Waals surface area (Å²) in [7, 11) is 0. The summed E-state index contributed by atoms with van der Waals surface area (Å²) in [6, 6.07) is 11.4. The first-order valence-corrected chi connectivity index (χ1v) is 16.6. The topological polar surface area (TPSA) is 79.2 Å². The monoisotopic (exact) mass is 770 g/mol. The van der Waals surface area contributed by atoms with Gasteiger partial charge in [0.25, 0.3) is 5.91 Å². The predicted octanol–water partition coefficient (Wildman–Crippen LogP) is 8.11. The van der Waals surface area contributed by atoms with Gasteiger partial charge >= 0.3 is 5.97 Å². The van der Waals surface area contributed by atoms with Gasteiger partial charge in [-0.05, 0) is 124 Å². The van der Waals surface area contributed by atoms with E-state index in [0.29, 0.717) is 12.6 Å². The number of amidine groups is 1. The molecule has 2 aromatic rings. The second kappa shape index (κ2) is 13.4. The molecule has 9 heteroatoms. The van der Waals surface area contributed by atoms with Gasteiger partial charge in [0.15, 0.2) is 5.17 Å². The molecule has 0 bridgehead atoms. The number of carbonyl (C=O) groups excluding carboxylic acids is 1. The highest BCUT2D eigenvalue weighted by Crippen LogP contribution is 2.39. The van der Waals surface area contributed by atoms with Crippen molar-refractivity contribution in [2.24, 2.45) is 4.99 Å². The zero-order valence-electron chi connectivity index (χ0n) is 21.7. The standard InChI is InChI=1S/C30H32I2N2O4S/c31-24-15-20(16-25(32)27(24)38-18-19-11-13-21(14-12-19)29(36)37)17-26-28(35)34(23-9-5-2-6-10-23)30(39-26)33-22-7-3-1-4-8-22/h11-17,22-23H,1-10,18H2,(H,36,37)/b26-17-,33-30?. The molecule has 1 N–H and O–H groups in total. The van der Waals surface area contributed by atoms with E-state index < -0.39 is 5.97 Å². The van der Waals surface area contributed by atoms with Gasteiger partial charge in [0.2, 0.25) is 0 Å². The maximum Gasteiger partial charge on any atom is 0.335 e. The van der Waals surface area contributed by atoms with Crippen molar-refractivity contribution in [3.05, 3.63) is 65.1 Å². The van der Waals surface area contributed by atoms with Gasteiger partial charge in [-0.25, -0.2) is 4.79 Å². The Balaban J connectivity index is 1.34. The van der Waals surface area contributed by atoms with Crippen molar-refractivity contribution in [2.45, 2.75) is 82.9 Å². The number of halogens is 2. The highest BCUT2D eigenvalue weighted by molar-refractivity contribution is 14.1. The van der Waals surface area contributed by atoms with E-state index >= 15 is 0 Å². The Hall–Kier alpha value is -1.60. The van der Waals surface area contributed by atoms with Crippen molar-refractivity contribution in [2.75, 3.05) is 0 Å². The molecule has 5 rings (SSSR count). The molecule has 6 nitrogen and oxygen atoms in total. The molecule has 3 aliphatic rings. The molecule has 1 saturated heterocycles. The second-order valence-electron chi connectivity index (χ2n) is 10.4. The number of benzene rings is 2. The number of hydrogen-bond acceptors (Lipinski definition) is 5. The number of aromatic carboxylic acids is 1. The van der Waals surface area contributed by atoms with Crippen LogP contribution in [-0.4, -0.2) is 39.1 Å². The lowest BCUT2D eigenvalue weighted by atomic mass is 9.94. The fourth-order valence-corrected chi connectivity index (χ4v) is 8.69. The van der Waals surface area contributed by atoms with E-state index in [1.165, 1.54) is 38.5 Å². The van der Waals surface area contributed by atoms with E-state index in [4.69, 9.17) is 14.8 Å². The molecule has 206 valence electrons. The van der Waals surface area contributed by atoms with Gasteiger partial charge < -0.3 is 9.84 Å². The Morgan fingerprint density at radius 1 is 1.00 bits per heavy atom. The molecule has 0 atom stereocenters. The lowest BCUT2D eigenvalue weighted by Crippen LogP contribution is -2.41. The van der Waals surface area contributed by atoms with Crippen LogP contribution in [0.15, 0.2) is 46.3 Å². The maximum atomic E-state index is 13.7. The minimum Gasteiger partial charge on any atom is -0.487 e. The van der Waals surface area contributed by atoms with Crippen LogP contribution in [0.3, 0.4) is 0 Å². The van der Waals surface area contributed by atoms with Gasteiger partial charge in [-0.2, -0.15) is 0 Å². The van der Waals surface area contributed by atoms with Gasteiger partial charge in [-0.3, -0.25) is 14.7 Å². The number of carboxylic acid groups (broad SMARTS) is 1. The first kappa shape index (κ1) is 28.9. The summed E-state index contributed by atoms with van der Waals surface area (Å²) in [6.45, 7) is 0.345. The molecule has 1 heterocycles. The number of hydrogen-bond donors (Lipinski definition) is 1. The molecule has 2 aromatic carbocycles. The summed E-state index contributed by atoms with van der Waals surface area (Å²) in [5, 5.41) is 10.0. The molecule has 1 aliphatic heterocycles. The third kappa shape index (κ3) is 7.19. The van der Waals surface area contributed by atoms with Crippen LogP contribution in [-0.2, 0) is 11.4 Å². The fraction of sp³-hybridized carbons (Fsp3) is 0.433. The number of carbonyl (C=O) groups is 2. The van der Waals surface area contributed by atoms with E-state index in [0.717, 1.165) is 59.8 Å². The molecule has 1 amide bonds. The lowest BCUT2D eigenvalue weighted by Gasteiger charge is -2.31. The number of aliphatic imine (C=N–C) groups is 1. The Bertz CT molecular complexity index is 1260. The number of rotatable bonds is 7. The van der Waals surface area contributed by atoms with E-state index in [1.54, 1.807) is 36.0 Å². The Morgan fingerprint density at radius 3 is 2.23 bits per heavy atom. The highest BCUT2D eigenvalue weighted by atomic mass is 127. The molecular formula is C30H32I2N2O4S. The maximum absolute atomic E-state index is 13.7. The molecular weight excluding hydrogens is 738 g/mol. The first-order chi connectivity index (χ1) is 18.9. The van der Waals surface area contributed by atoms with Gasteiger partial charge in [-0.1, -0.05) is 50.7 Å². The fourth-order valence-electron chi connectivity index (χ4n) is 5.46. The smallest absolute Gasteiger partial charge is 0.335 e. The number of thioether (sulfide) groups is 1. The number of amides is 1. The van der Waals surface area contributed by atoms with Crippen molar-refractivity contribution in [3.63, 3.8) is 0 Å². The van der Waals surface area contributed by atoms with E-state index in [1.807, 2.05) is 23.1 Å². The summed E-state index contributed by atoms with van der Waals surface area (Å²) < 4.78 is 8.04. The zero-order chi connectivity index (χ0) is 27.4. The number of ether oxygens (including phenoxy) is 1. The summed E-state index contributed by atoms with van der Waals surface area (Å²) >= 11 is 6.10. The van der Waals surface area contributed by atoms with Crippen LogP contribution >= 0.6 is 56.9 Å². The minimum absolute atomic E-state index is 0.0941. The van der Waals surface area contributed by atoms with Crippen molar-refractivity contribution < 1.29 is 19.4 Å². The SMILES string of the molecule is O=C(O)c1ccc(COc2c(I)cc(/C=C3\SC(=NC4CCCCC4)N(C4CCCCC4)C3=O)cc2I)cc1. The van der Waals surface area contributed by atoms with Crippen LogP contribution in [0.5, 0.6) is 5.75 Å². The third-order valence-electron chi connectivity index (χ3n) is 7.55. The van der Waals surface area contributed by atoms with Crippen LogP contribution in [0.4, 0.5) is 0 Å². The summed E-state index contributed by atoms with van der Waals surface area (Å²) in [4.78, 5) is 32.7. The minimum atomic E-state index is -0.940. The zero-order valence-corrected chi connectivity index (χ0v) is 26.8. The molecule has 3 fully saturated rings. The van der Waals surface area contributed by atoms with Crippen LogP contribution < -0.4 is 4.74 Å². The molecule has 39 heavy (non-hydrogen) atoms. The normalized spacial score (nSPS) is 21.2. The highest BCUT2D eigenvalue weighted by Gasteiger charge is 2.39. The number of carboxylic acids is 1. The Morgan fingerprint density at radius 2 is 1.62 bits per heavy atom. The van der Waals surface area contributed by atoms with E-state index in [9.17, 15) is 9.59 Å². The van der Waals surface area contributed by atoms with Crippen molar-refractivity contribution in [3.8, 4) is 5.75 Å². The van der Waals surface area contributed by atoms with Crippen LogP contribution in [0.2, 0.25) is 0 Å². The number of nitrogens with zero attached hydrogens (tertiary/aromatic N) is 2. The Labute approximate surface area is 261 Å². The van der Waals surface area contributed by atoms with Gasteiger partial charge in [-0.15, -0.1) is 0 Å². The van der Waals surface area contributed by atoms with Crippen molar-refractivity contribution >= 4 is 80.1 Å². The third-order valence-corrected chi connectivity index (χ3v) is 10.1. The predicted molar refractivity (Wildman–Crippen MR) is 173 cm³/mol. The lowest BCUT2D eigenvalue weighted by molar-refractivity contribution is -0.124. The van der Waals surface area contributed by atoms with Crippen LogP contribution in [0.25, 0.3) is 6.08 Å². The summed E-state index contributed by atoms with van der Waals surface area (Å²) in [5.41, 5.74) is 2.13. The molecule has 2 aliphatic carbocycles. The van der Waals surface area contributed by atoms with Gasteiger partial charge in [0, 0.05) is 6.04 Å². The van der Waals surface area contributed by atoms with E-state index in [2.05, 4.69) is 45.2 Å². The van der Waals surface area contributed by atoms with Crippen LogP contribution in [0, 0.1) is 7.14 Å². The van der Waals surface area contributed by atoms with Gasteiger partial charge in [0.1, 0.15) is 12.4 Å². The molecule has 2 saturated carbocycles. The van der Waals surface area contributed by atoms with Gasteiger partial charge in [0.05, 0.1) is 23.7 Å². The summed E-state index contributed by atoms with van der Waals surface area (Å²) in [6.07, 6.45) is 13.7. The first-order valence-electron chi connectivity index (χ1n) is 13.6. The summed E-state index contributed by atoms with van der Waals surface area (Å²) in [5.74, 6) is -0.0597. The molecule has 0 aromatic heterocycles. The average Bonchev–Trinajstić information content (AvgIpc) is 3.23. The second-order valence-corrected chi connectivity index (χ2v) is 13.7. The van der Waals surface area contributed by atoms with E-state index in [-0.39, 0.29) is 17.5 Å². The molecule has 0 spiro atoms. The largest absolute Gasteiger partial charge is 0.487 e. The Kier molecular flexibility index (Phi) is 9.91. The quantitative estimate of drug-likeness (QED) is 0.228. The molecule has 0 radical (unpaired) electrons. The average molecular weight is 770 g/mol.